The van der Waals surface area contributed by atoms with Crippen LogP contribution >= 0.6 is 12.8 Å². The summed E-state index contributed by atoms with van der Waals surface area (Å²) in [5.74, 6) is 0. The number of hydrogen-bond acceptors (Lipinski definition) is 3. The van der Waals surface area contributed by atoms with Gasteiger partial charge in [-0.05, 0) is 19.3 Å². The van der Waals surface area contributed by atoms with Crippen LogP contribution in [0.5, 0.6) is 0 Å². The number of nitriles is 1. The lowest BCUT2D eigenvalue weighted by Gasteiger charge is -2.25. The molecule has 0 amide bonds. The summed E-state index contributed by atoms with van der Waals surface area (Å²) in [7, 11) is 0. The first-order valence-corrected chi connectivity index (χ1v) is 4.59. The third-order valence-electron chi connectivity index (χ3n) is 1.62. The van der Waals surface area contributed by atoms with E-state index in [9.17, 15) is 0 Å². The van der Waals surface area contributed by atoms with Crippen LogP contribution in [0.25, 0.3) is 0 Å². The van der Waals surface area contributed by atoms with Crippen molar-refractivity contribution >= 4 is 12.8 Å². The molecule has 0 aromatic carbocycles. The largest absolute Gasteiger partial charge is 0.236 e. The van der Waals surface area contributed by atoms with Gasteiger partial charge in [0, 0.05) is 6.54 Å². The number of hydrogen-bond donors (Lipinski definition) is 1. The Kier molecular flexibility index (Phi) is 6.39. The lowest BCUT2D eigenvalue weighted by Crippen LogP contribution is -2.30. The minimum absolute atomic E-state index is 0.0575. The summed E-state index contributed by atoms with van der Waals surface area (Å²) in [5.41, 5.74) is 0. The van der Waals surface area contributed by atoms with Gasteiger partial charge in [-0.2, -0.15) is 5.26 Å². The number of piperidine rings is 1. The highest BCUT2D eigenvalue weighted by Crippen LogP contribution is 2.17. The Bertz CT molecular complexity index is 131. The molecule has 1 aliphatic rings. The number of nitrogens with zero attached hydrogens (tertiary/aromatic N) is 2. The van der Waals surface area contributed by atoms with Crippen LogP contribution < -0.4 is 0 Å². The average molecular weight is 172 g/mol. The Labute approximate surface area is 74.7 Å². The molecule has 1 fully saturated rings. The van der Waals surface area contributed by atoms with E-state index in [1.165, 1.54) is 12.8 Å². The molecule has 1 saturated heterocycles. The Balaban J connectivity index is 0.000000461. The van der Waals surface area contributed by atoms with E-state index in [4.69, 9.17) is 5.26 Å². The SMILES string of the molecule is CC.N#CC1CCCCN1S. The fourth-order valence-corrected chi connectivity index (χ4v) is 1.36. The molecule has 1 heterocycles. The van der Waals surface area contributed by atoms with Crippen LogP contribution in [0.1, 0.15) is 33.1 Å². The Morgan fingerprint density at radius 2 is 2.09 bits per heavy atom. The van der Waals surface area contributed by atoms with Gasteiger partial charge in [0.1, 0.15) is 6.04 Å². The summed E-state index contributed by atoms with van der Waals surface area (Å²) in [5, 5.41) is 8.52. The summed E-state index contributed by atoms with van der Waals surface area (Å²) in [6.45, 7) is 4.96. The van der Waals surface area contributed by atoms with Crippen LogP contribution in [0.3, 0.4) is 0 Å². The zero-order valence-electron chi connectivity index (χ0n) is 7.25. The predicted octanol–water partition coefficient (Wildman–Crippen LogP) is 2.24. The van der Waals surface area contributed by atoms with E-state index in [1.54, 1.807) is 0 Å². The van der Waals surface area contributed by atoms with Gasteiger partial charge in [-0.3, -0.25) is 0 Å². The van der Waals surface area contributed by atoms with E-state index in [0.29, 0.717) is 0 Å². The molecule has 0 N–H and O–H groups in total. The van der Waals surface area contributed by atoms with Crippen molar-refractivity contribution in [2.24, 2.45) is 0 Å². The number of rotatable bonds is 0. The Morgan fingerprint density at radius 3 is 2.45 bits per heavy atom. The van der Waals surface area contributed by atoms with Gasteiger partial charge in [0.05, 0.1) is 6.07 Å². The van der Waals surface area contributed by atoms with Gasteiger partial charge < -0.3 is 0 Å². The summed E-state index contributed by atoms with van der Waals surface area (Å²) >= 11 is 4.15. The van der Waals surface area contributed by atoms with Gasteiger partial charge in [0.2, 0.25) is 0 Å². The minimum atomic E-state index is 0.0575. The maximum absolute atomic E-state index is 8.52. The molecule has 1 aliphatic heterocycles. The average Bonchev–Trinajstić information content (AvgIpc) is 2.09. The molecule has 1 unspecified atom stereocenters. The van der Waals surface area contributed by atoms with Crippen LogP contribution in [0.2, 0.25) is 0 Å². The van der Waals surface area contributed by atoms with Crippen molar-refractivity contribution in [1.29, 1.82) is 5.26 Å². The maximum Gasteiger partial charge on any atom is 0.107 e. The molecule has 0 spiro atoms. The van der Waals surface area contributed by atoms with Crippen molar-refractivity contribution in [2.45, 2.75) is 39.2 Å². The molecule has 0 saturated carbocycles. The first-order chi connectivity index (χ1) is 5.34. The lowest BCUT2D eigenvalue weighted by atomic mass is 10.1. The van der Waals surface area contributed by atoms with E-state index in [-0.39, 0.29) is 6.04 Å². The van der Waals surface area contributed by atoms with Crippen molar-refractivity contribution < 1.29 is 0 Å². The first-order valence-electron chi connectivity index (χ1n) is 4.19. The van der Waals surface area contributed by atoms with Crippen LogP contribution in [0.4, 0.5) is 0 Å². The normalized spacial score (nSPS) is 24.7. The second kappa shape index (κ2) is 6.51. The summed E-state index contributed by atoms with van der Waals surface area (Å²) in [6.07, 6.45) is 3.34. The zero-order valence-corrected chi connectivity index (χ0v) is 8.14. The van der Waals surface area contributed by atoms with Crippen molar-refractivity contribution in [3.05, 3.63) is 0 Å². The molecule has 0 aromatic rings. The van der Waals surface area contributed by atoms with Gasteiger partial charge in [0.15, 0.2) is 0 Å². The molecule has 64 valence electrons. The second-order valence-electron chi connectivity index (χ2n) is 2.30. The van der Waals surface area contributed by atoms with E-state index < -0.39 is 0 Å². The van der Waals surface area contributed by atoms with Crippen LogP contribution in [-0.4, -0.2) is 16.9 Å². The molecule has 2 nitrogen and oxygen atoms in total. The van der Waals surface area contributed by atoms with Gasteiger partial charge >= 0.3 is 0 Å². The molecule has 3 heteroatoms. The first kappa shape index (κ1) is 10.8. The Hall–Kier alpha value is -0.200. The van der Waals surface area contributed by atoms with E-state index in [0.717, 1.165) is 13.0 Å². The molecule has 1 rings (SSSR count). The smallest absolute Gasteiger partial charge is 0.107 e. The molecule has 0 bridgehead atoms. The second-order valence-corrected chi connectivity index (χ2v) is 2.82. The maximum atomic E-state index is 8.52. The topological polar surface area (TPSA) is 27.0 Å². The summed E-state index contributed by atoms with van der Waals surface area (Å²) in [4.78, 5) is 0. The predicted molar refractivity (Wildman–Crippen MR) is 50.3 cm³/mol. The molecule has 0 aliphatic carbocycles. The van der Waals surface area contributed by atoms with Crippen molar-refractivity contribution in [3.63, 3.8) is 0 Å². The standard InChI is InChI=1S/C6H10N2S.C2H6/c7-5-6-3-1-2-4-8(6)9;1-2/h6,9H,1-4H2;1-2H3. The molecular weight excluding hydrogens is 156 g/mol. The van der Waals surface area contributed by atoms with Crippen LogP contribution in [0.15, 0.2) is 0 Å². The van der Waals surface area contributed by atoms with Gasteiger partial charge in [0.25, 0.3) is 0 Å². The molecule has 1 atom stereocenters. The van der Waals surface area contributed by atoms with Crippen molar-refractivity contribution in [3.8, 4) is 6.07 Å². The third kappa shape index (κ3) is 3.64. The quantitative estimate of drug-likeness (QED) is 0.567. The highest BCUT2D eigenvalue weighted by atomic mass is 32.1. The van der Waals surface area contributed by atoms with E-state index in [1.807, 2.05) is 18.2 Å². The van der Waals surface area contributed by atoms with Crippen molar-refractivity contribution in [1.82, 2.24) is 4.31 Å². The van der Waals surface area contributed by atoms with E-state index in [2.05, 4.69) is 18.9 Å². The Morgan fingerprint density at radius 1 is 1.45 bits per heavy atom. The minimum Gasteiger partial charge on any atom is -0.236 e. The fraction of sp³-hybridized carbons (Fsp3) is 0.875. The summed E-state index contributed by atoms with van der Waals surface area (Å²) < 4.78 is 1.82. The van der Waals surface area contributed by atoms with Gasteiger partial charge in [-0.1, -0.05) is 26.7 Å². The highest BCUT2D eigenvalue weighted by molar-refractivity contribution is 7.77. The van der Waals surface area contributed by atoms with Gasteiger partial charge in [-0.25, -0.2) is 4.31 Å². The molecule has 0 radical (unpaired) electrons. The monoisotopic (exact) mass is 172 g/mol. The van der Waals surface area contributed by atoms with Crippen molar-refractivity contribution in [2.75, 3.05) is 6.54 Å². The zero-order chi connectivity index (χ0) is 8.69. The molecule has 11 heavy (non-hydrogen) atoms. The summed E-state index contributed by atoms with van der Waals surface area (Å²) in [6, 6.07) is 2.26. The third-order valence-corrected chi connectivity index (χ3v) is 2.10. The number of thiol groups is 1. The highest BCUT2D eigenvalue weighted by Gasteiger charge is 2.17. The van der Waals surface area contributed by atoms with E-state index >= 15 is 0 Å². The molecular formula is C8H16N2S. The van der Waals surface area contributed by atoms with Crippen LogP contribution in [-0.2, 0) is 0 Å². The molecule has 0 aromatic heterocycles. The van der Waals surface area contributed by atoms with Gasteiger partial charge in [-0.15, -0.1) is 0 Å². The lowest BCUT2D eigenvalue weighted by molar-refractivity contribution is 0.328. The van der Waals surface area contributed by atoms with Crippen LogP contribution in [0, 0.1) is 11.3 Å². The fourth-order valence-electron chi connectivity index (χ4n) is 1.05.